The van der Waals surface area contributed by atoms with Crippen molar-refractivity contribution in [3.8, 4) is 6.01 Å². The third-order valence-corrected chi connectivity index (χ3v) is 2.75. The van der Waals surface area contributed by atoms with E-state index >= 15 is 0 Å². The smallest absolute Gasteiger partial charge is 0.449 e. The number of hydrogen-bond acceptors (Lipinski definition) is 5. The molecule has 0 atom stereocenters. The molecule has 0 aliphatic carbocycles. The number of H-pyrrole nitrogens is 1. The minimum atomic E-state index is -1.57. The van der Waals surface area contributed by atoms with Gasteiger partial charge in [0.05, 0.1) is 15.9 Å². The summed E-state index contributed by atoms with van der Waals surface area (Å²) in [4.78, 5) is 28.6. The predicted molar refractivity (Wildman–Crippen MR) is 64.8 cm³/mol. The van der Waals surface area contributed by atoms with Crippen molar-refractivity contribution in [1.82, 2.24) is 19.6 Å². The van der Waals surface area contributed by atoms with Crippen molar-refractivity contribution in [3.05, 3.63) is 33.7 Å². The van der Waals surface area contributed by atoms with E-state index < -0.39 is 17.9 Å². The van der Waals surface area contributed by atoms with Gasteiger partial charge in [-0.3, -0.25) is 0 Å². The van der Waals surface area contributed by atoms with Crippen molar-refractivity contribution in [3.63, 3.8) is 0 Å². The highest BCUT2D eigenvalue weighted by atomic mass is 35.5. The van der Waals surface area contributed by atoms with Gasteiger partial charge in [0.15, 0.2) is 5.65 Å². The molecule has 0 saturated carbocycles. The molecule has 2 N–H and O–H groups in total. The van der Waals surface area contributed by atoms with Gasteiger partial charge in [-0.15, -0.1) is 5.10 Å². The van der Waals surface area contributed by atoms with Crippen LogP contribution in [0.4, 0.5) is 4.79 Å². The monoisotopic (exact) mass is 280 g/mol. The van der Waals surface area contributed by atoms with Crippen LogP contribution in [0.1, 0.15) is 0 Å². The SMILES string of the molecule is O=C(O)Oc1nc2c3c(Cl)cccc3[nH]c(=O)n2n1. The highest BCUT2D eigenvalue weighted by Crippen LogP contribution is 2.24. The molecular formula is C10H5ClN4O4. The molecular weight excluding hydrogens is 276 g/mol. The molecule has 19 heavy (non-hydrogen) atoms. The van der Waals surface area contributed by atoms with E-state index in [1.165, 1.54) is 0 Å². The molecule has 1 aromatic carbocycles. The molecule has 0 fully saturated rings. The number of benzene rings is 1. The molecule has 3 rings (SSSR count). The quantitative estimate of drug-likeness (QED) is 0.650. The van der Waals surface area contributed by atoms with E-state index in [4.69, 9.17) is 16.7 Å². The molecule has 0 aliphatic heterocycles. The molecule has 9 heteroatoms. The fourth-order valence-corrected chi connectivity index (χ4v) is 2.00. The lowest BCUT2D eigenvalue weighted by Gasteiger charge is -2.00. The number of halogens is 1. The number of fused-ring (bicyclic) bond motifs is 3. The van der Waals surface area contributed by atoms with E-state index in [0.717, 1.165) is 4.52 Å². The van der Waals surface area contributed by atoms with E-state index in [1.807, 2.05) is 0 Å². The summed E-state index contributed by atoms with van der Waals surface area (Å²) >= 11 is 6.04. The first-order valence-corrected chi connectivity index (χ1v) is 5.42. The van der Waals surface area contributed by atoms with Crippen LogP contribution in [0.2, 0.25) is 5.02 Å². The minimum absolute atomic E-state index is 0.126. The molecule has 0 unspecified atom stereocenters. The normalized spacial score (nSPS) is 11.0. The number of aromatic nitrogens is 4. The topological polar surface area (TPSA) is 110 Å². The Bertz CT molecular complexity index is 869. The largest absolute Gasteiger partial charge is 0.513 e. The second-order valence-corrected chi connectivity index (χ2v) is 4.00. The van der Waals surface area contributed by atoms with Gasteiger partial charge >= 0.3 is 17.9 Å². The summed E-state index contributed by atoms with van der Waals surface area (Å²) in [5.41, 5.74) is 0.0254. The van der Waals surface area contributed by atoms with Crippen LogP contribution in [-0.2, 0) is 0 Å². The van der Waals surface area contributed by atoms with Crippen LogP contribution in [0, 0.1) is 0 Å². The first-order valence-electron chi connectivity index (χ1n) is 5.04. The molecule has 0 radical (unpaired) electrons. The third kappa shape index (κ3) is 1.78. The van der Waals surface area contributed by atoms with Gasteiger partial charge in [0.25, 0.3) is 0 Å². The predicted octanol–water partition coefficient (Wildman–Crippen LogP) is 1.28. The summed E-state index contributed by atoms with van der Waals surface area (Å²) in [6.07, 6.45) is -1.57. The zero-order valence-electron chi connectivity index (χ0n) is 9.12. The zero-order valence-corrected chi connectivity index (χ0v) is 9.88. The van der Waals surface area contributed by atoms with E-state index in [9.17, 15) is 9.59 Å². The van der Waals surface area contributed by atoms with Crippen LogP contribution < -0.4 is 10.4 Å². The van der Waals surface area contributed by atoms with Crippen LogP contribution in [0.3, 0.4) is 0 Å². The summed E-state index contributed by atoms with van der Waals surface area (Å²) in [5.74, 6) is 0. The van der Waals surface area contributed by atoms with Gasteiger partial charge in [0.2, 0.25) is 0 Å². The maximum absolute atomic E-state index is 11.8. The number of nitrogens with zero attached hydrogens (tertiary/aromatic N) is 3. The number of ether oxygens (including phenoxy) is 1. The minimum Gasteiger partial charge on any atom is -0.449 e. The van der Waals surface area contributed by atoms with Crippen molar-refractivity contribution >= 4 is 34.3 Å². The lowest BCUT2D eigenvalue weighted by molar-refractivity contribution is 0.140. The van der Waals surface area contributed by atoms with Gasteiger partial charge in [-0.1, -0.05) is 17.7 Å². The Labute approximate surface area is 109 Å². The maximum atomic E-state index is 11.8. The summed E-state index contributed by atoms with van der Waals surface area (Å²) in [6.45, 7) is 0. The number of rotatable bonds is 1. The standard InChI is InChI=1S/C10H5ClN4O4/c11-4-2-1-3-5-6(4)7-13-8(19-10(17)18)14-15(7)9(16)12-5/h1-3H,(H,12,16)(H,17,18). The van der Waals surface area contributed by atoms with E-state index in [-0.39, 0.29) is 5.65 Å². The van der Waals surface area contributed by atoms with Gasteiger partial charge in [0.1, 0.15) is 0 Å². The van der Waals surface area contributed by atoms with Gasteiger partial charge in [0, 0.05) is 0 Å². The second kappa shape index (κ2) is 3.95. The van der Waals surface area contributed by atoms with E-state index in [0.29, 0.717) is 15.9 Å². The highest BCUT2D eigenvalue weighted by molar-refractivity contribution is 6.36. The molecule has 0 amide bonds. The first kappa shape index (κ1) is 11.5. The summed E-state index contributed by atoms with van der Waals surface area (Å²) < 4.78 is 5.22. The second-order valence-electron chi connectivity index (χ2n) is 3.59. The van der Waals surface area contributed by atoms with Crippen LogP contribution >= 0.6 is 11.6 Å². The highest BCUT2D eigenvalue weighted by Gasteiger charge is 2.15. The molecule has 0 bridgehead atoms. The lowest BCUT2D eigenvalue weighted by Crippen LogP contribution is -2.17. The Morgan fingerprint density at radius 1 is 1.47 bits per heavy atom. The Balaban J connectivity index is 2.42. The average Bonchev–Trinajstić information content (AvgIpc) is 2.72. The van der Waals surface area contributed by atoms with Crippen molar-refractivity contribution in [1.29, 1.82) is 0 Å². The molecule has 2 aromatic heterocycles. The van der Waals surface area contributed by atoms with Crippen LogP contribution in [0.15, 0.2) is 23.0 Å². The number of nitrogens with one attached hydrogen (secondary N) is 1. The molecule has 8 nitrogen and oxygen atoms in total. The summed E-state index contributed by atoms with van der Waals surface area (Å²) in [5, 5.41) is 13.0. The van der Waals surface area contributed by atoms with E-state index in [2.05, 4.69) is 19.8 Å². The average molecular weight is 281 g/mol. The third-order valence-electron chi connectivity index (χ3n) is 2.44. The van der Waals surface area contributed by atoms with E-state index in [1.54, 1.807) is 18.2 Å². The first-order chi connectivity index (χ1) is 9.06. The fourth-order valence-electron chi connectivity index (χ4n) is 1.74. The van der Waals surface area contributed by atoms with Gasteiger partial charge in [-0.05, 0) is 12.1 Å². The van der Waals surface area contributed by atoms with Gasteiger partial charge in [-0.2, -0.15) is 9.50 Å². The van der Waals surface area contributed by atoms with Crippen molar-refractivity contribution in [2.45, 2.75) is 0 Å². The number of carboxylic acid groups (broad SMARTS) is 1. The number of hydrogen-bond donors (Lipinski definition) is 2. The summed E-state index contributed by atoms with van der Waals surface area (Å²) in [6, 6.07) is 4.50. The van der Waals surface area contributed by atoms with Gasteiger partial charge in [-0.25, -0.2) is 9.59 Å². The van der Waals surface area contributed by atoms with Crippen molar-refractivity contribution in [2.24, 2.45) is 0 Å². The van der Waals surface area contributed by atoms with Crippen molar-refractivity contribution < 1.29 is 14.6 Å². The molecule has 0 saturated heterocycles. The Hall–Kier alpha value is -2.61. The van der Waals surface area contributed by atoms with Crippen molar-refractivity contribution in [2.75, 3.05) is 0 Å². The molecule has 3 aromatic rings. The fraction of sp³-hybridized carbons (Fsp3) is 0. The summed E-state index contributed by atoms with van der Waals surface area (Å²) in [7, 11) is 0. The zero-order chi connectivity index (χ0) is 13.6. The number of carbonyl (C=O) groups is 1. The molecule has 0 aliphatic rings. The maximum Gasteiger partial charge on any atom is 0.513 e. The molecule has 0 spiro atoms. The van der Waals surface area contributed by atoms with Crippen LogP contribution in [0.25, 0.3) is 16.6 Å². The van der Waals surface area contributed by atoms with Crippen LogP contribution in [-0.4, -0.2) is 30.8 Å². The van der Waals surface area contributed by atoms with Gasteiger partial charge < -0.3 is 14.8 Å². The number of aromatic amines is 1. The Morgan fingerprint density at radius 3 is 3.00 bits per heavy atom. The molecule has 96 valence electrons. The lowest BCUT2D eigenvalue weighted by atomic mass is 10.2. The molecule has 2 heterocycles. The Morgan fingerprint density at radius 2 is 2.26 bits per heavy atom. The van der Waals surface area contributed by atoms with Crippen LogP contribution in [0.5, 0.6) is 6.01 Å². The Kier molecular flexibility index (Phi) is 2.39.